The number of hydrogen-bond acceptors (Lipinski definition) is 4. The standard InChI is InChI=1S/C14H20N2O4S/c1-16(9-10-5-2-3-7-20-10)14(19)15-12(13(17)18)11-6-4-8-21-11/h4,6,8,10,12H,2-3,5,7,9H2,1H3,(H,15,19)(H,17,18). The van der Waals surface area contributed by atoms with Gasteiger partial charge < -0.3 is 20.1 Å². The number of hydrogen-bond donors (Lipinski definition) is 2. The topological polar surface area (TPSA) is 78.9 Å². The van der Waals surface area contributed by atoms with Gasteiger partial charge in [0.15, 0.2) is 6.04 Å². The summed E-state index contributed by atoms with van der Waals surface area (Å²) in [4.78, 5) is 25.5. The highest BCUT2D eigenvalue weighted by Gasteiger charge is 2.26. The number of nitrogens with one attached hydrogen (secondary N) is 1. The zero-order chi connectivity index (χ0) is 15.2. The van der Waals surface area contributed by atoms with E-state index in [2.05, 4.69) is 5.32 Å². The van der Waals surface area contributed by atoms with Gasteiger partial charge in [-0.05, 0) is 30.7 Å². The monoisotopic (exact) mass is 312 g/mol. The van der Waals surface area contributed by atoms with Gasteiger partial charge >= 0.3 is 12.0 Å². The first kappa shape index (κ1) is 15.8. The Hall–Kier alpha value is -1.60. The average molecular weight is 312 g/mol. The lowest BCUT2D eigenvalue weighted by atomic mass is 10.1. The third-order valence-corrected chi connectivity index (χ3v) is 4.38. The fourth-order valence-corrected chi connectivity index (χ4v) is 3.05. The molecule has 0 aliphatic carbocycles. The third kappa shape index (κ3) is 4.44. The predicted octanol–water partition coefficient (Wildman–Crippen LogP) is 2.08. The van der Waals surface area contributed by atoms with Crippen molar-refractivity contribution in [1.82, 2.24) is 10.2 Å². The van der Waals surface area contributed by atoms with E-state index in [0.717, 1.165) is 25.9 Å². The molecule has 2 unspecified atom stereocenters. The number of aliphatic carboxylic acids is 1. The van der Waals surface area contributed by atoms with Crippen LogP contribution in [0.3, 0.4) is 0 Å². The van der Waals surface area contributed by atoms with Gasteiger partial charge in [0, 0.05) is 25.1 Å². The molecule has 1 aromatic rings. The molecule has 1 aliphatic rings. The Morgan fingerprint density at radius 1 is 1.57 bits per heavy atom. The maximum absolute atomic E-state index is 12.1. The Bertz CT molecular complexity index is 471. The number of carboxylic acids is 1. The number of likely N-dealkylation sites (N-methyl/N-ethyl adjacent to an activating group) is 1. The van der Waals surface area contributed by atoms with Crippen molar-refractivity contribution in [3.8, 4) is 0 Å². The van der Waals surface area contributed by atoms with Gasteiger partial charge in [0.05, 0.1) is 6.10 Å². The van der Waals surface area contributed by atoms with Crippen LogP contribution in [0, 0.1) is 0 Å². The van der Waals surface area contributed by atoms with Crippen LogP contribution in [-0.4, -0.2) is 48.3 Å². The number of carbonyl (C=O) groups excluding carboxylic acids is 1. The Labute approximate surface area is 127 Å². The zero-order valence-electron chi connectivity index (χ0n) is 11.9. The van der Waals surface area contributed by atoms with E-state index in [9.17, 15) is 14.7 Å². The van der Waals surface area contributed by atoms with E-state index in [1.807, 2.05) is 0 Å². The molecule has 1 aromatic heterocycles. The largest absolute Gasteiger partial charge is 0.479 e. The van der Waals surface area contributed by atoms with Gasteiger partial charge in [0.2, 0.25) is 0 Å². The van der Waals surface area contributed by atoms with Gasteiger partial charge in [-0.15, -0.1) is 11.3 Å². The van der Waals surface area contributed by atoms with Crippen LogP contribution in [0.1, 0.15) is 30.2 Å². The van der Waals surface area contributed by atoms with Gasteiger partial charge in [-0.25, -0.2) is 9.59 Å². The van der Waals surface area contributed by atoms with E-state index >= 15 is 0 Å². The number of carbonyl (C=O) groups is 2. The highest BCUT2D eigenvalue weighted by Crippen LogP contribution is 2.19. The summed E-state index contributed by atoms with van der Waals surface area (Å²) in [7, 11) is 1.65. The second kappa shape index (κ2) is 7.42. The summed E-state index contributed by atoms with van der Waals surface area (Å²) in [6.45, 7) is 1.20. The van der Waals surface area contributed by atoms with E-state index in [4.69, 9.17) is 4.74 Å². The molecule has 0 radical (unpaired) electrons. The fourth-order valence-electron chi connectivity index (χ4n) is 2.28. The van der Waals surface area contributed by atoms with Crippen molar-refractivity contribution < 1.29 is 19.4 Å². The van der Waals surface area contributed by atoms with E-state index in [1.165, 1.54) is 16.2 Å². The number of rotatable bonds is 5. The van der Waals surface area contributed by atoms with Crippen LogP contribution in [0.15, 0.2) is 17.5 Å². The van der Waals surface area contributed by atoms with Crippen LogP contribution in [0.5, 0.6) is 0 Å². The minimum absolute atomic E-state index is 0.0412. The summed E-state index contributed by atoms with van der Waals surface area (Å²) < 4.78 is 5.59. The van der Waals surface area contributed by atoms with E-state index in [-0.39, 0.29) is 6.10 Å². The highest BCUT2D eigenvalue weighted by molar-refractivity contribution is 7.10. The Morgan fingerprint density at radius 3 is 2.95 bits per heavy atom. The summed E-state index contributed by atoms with van der Waals surface area (Å²) in [6, 6.07) is 2.06. The molecule has 1 aliphatic heterocycles. The smallest absolute Gasteiger partial charge is 0.331 e. The lowest BCUT2D eigenvalue weighted by molar-refractivity contribution is -0.139. The van der Waals surface area contributed by atoms with Crippen LogP contribution in [0.2, 0.25) is 0 Å². The SMILES string of the molecule is CN(CC1CCCCO1)C(=O)NC(C(=O)O)c1cccs1. The minimum atomic E-state index is -1.06. The molecule has 1 saturated heterocycles. The predicted molar refractivity (Wildman–Crippen MR) is 79.4 cm³/mol. The molecule has 2 N–H and O–H groups in total. The maximum Gasteiger partial charge on any atom is 0.331 e. The zero-order valence-corrected chi connectivity index (χ0v) is 12.8. The summed E-state index contributed by atoms with van der Waals surface area (Å²) >= 11 is 1.31. The Morgan fingerprint density at radius 2 is 2.38 bits per heavy atom. The Balaban J connectivity index is 1.90. The average Bonchev–Trinajstić information content (AvgIpc) is 2.99. The van der Waals surface area contributed by atoms with E-state index in [0.29, 0.717) is 11.4 Å². The molecule has 2 heterocycles. The summed E-state index contributed by atoms with van der Waals surface area (Å²) in [5.74, 6) is -1.06. The summed E-state index contributed by atoms with van der Waals surface area (Å²) in [5.41, 5.74) is 0. The highest BCUT2D eigenvalue weighted by atomic mass is 32.1. The van der Waals surface area contributed by atoms with Gasteiger partial charge in [-0.3, -0.25) is 0 Å². The molecular weight excluding hydrogens is 292 g/mol. The first-order valence-corrected chi connectivity index (χ1v) is 7.85. The molecule has 2 rings (SSSR count). The second-order valence-corrected chi connectivity index (χ2v) is 6.08. The van der Waals surface area contributed by atoms with Crippen molar-refractivity contribution in [2.75, 3.05) is 20.2 Å². The van der Waals surface area contributed by atoms with Crippen LogP contribution in [0.25, 0.3) is 0 Å². The summed E-state index contributed by atoms with van der Waals surface area (Å²) in [6.07, 6.45) is 3.14. The van der Waals surface area contributed by atoms with Gasteiger partial charge in [0.1, 0.15) is 0 Å². The number of amides is 2. The molecule has 116 valence electrons. The van der Waals surface area contributed by atoms with Crippen LogP contribution in [-0.2, 0) is 9.53 Å². The van der Waals surface area contributed by atoms with Crippen molar-refractivity contribution in [2.45, 2.75) is 31.4 Å². The van der Waals surface area contributed by atoms with Crippen LogP contribution >= 0.6 is 11.3 Å². The molecule has 2 atom stereocenters. The first-order valence-electron chi connectivity index (χ1n) is 6.97. The molecule has 2 amide bonds. The molecule has 0 spiro atoms. The number of urea groups is 1. The van der Waals surface area contributed by atoms with Crippen molar-refractivity contribution >= 4 is 23.3 Å². The van der Waals surface area contributed by atoms with Crippen molar-refractivity contribution in [3.05, 3.63) is 22.4 Å². The van der Waals surface area contributed by atoms with E-state index in [1.54, 1.807) is 24.6 Å². The third-order valence-electron chi connectivity index (χ3n) is 3.44. The maximum atomic E-state index is 12.1. The molecular formula is C14H20N2O4S. The van der Waals surface area contributed by atoms with Gasteiger partial charge in [-0.1, -0.05) is 6.07 Å². The van der Waals surface area contributed by atoms with Crippen LogP contribution < -0.4 is 5.32 Å². The van der Waals surface area contributed by atoms with Crippen molar-refractivity contribution in [1.29, 1.82) is 0 Å². The number of ether oxygens (including phenoxy) is 1. The minimum Gasteiger partial charge on any atom is -0.479 e. The van der Waals surface area contributed by atoms with Gasteiger partial charge in [0.25, 0.3) is 0 Å². The van der Waals surface area contributed by atoms with Crippen molar-refractivity contribution in [2.24, 2.45) is 0 Å². The number of nitrogens with zero attached hydrogens (tertiary/aromatic N) is 1. The van der Waals surface area contributed by atoms with E-state index < -0.39 is 18.0 Å². The molecule has 7 heteroatoms. The van der Waals surface area contributed by atoms with Crippen molar-refractivity contribution in [3.63, 3.8) is 0 Å². The second-order valence-electron chi connectivity index (χ2n) is 5.11. The Kier molecular flexibility index (Phi) is 5.58. The molecule has 21 heavy (non-hydrogen) atoms. The number of carboxylic acid groups (broad SMARTS) is 1. The fraction of sp³-hybridized carbons (Fsp3) is 0.571. The molecule has 6 nitrogen and oxygen atoms in total. The van der Waals surface area contributed by atoms with Gasteiger partial charge in [-0.2, -0.15) is 0 Å². The molecule has 0 bridgehead atoms. The number of thiophene rings is 1. The molecule has 1 fully saturated rings. The summed E-state index contributed by atoms with van der Waals surface area (Å²) in [5, 5.41) is 13.6. The molecule has 0 aromatic carbocycles. The lowest BCUT2D eigenvalue weighted by Crippen LogP contribution is -2.45. The first-order chi connectivity index (χ1) is 10.1. The lowest BCUT2D eigenvalue weighted by Gasteiger charge is -2.28. The quantitative estimate of drug-likeness (QED) is 0.872. The van der Waals surface area contributed by atoms with Crippen LogP contribution in [0.4, 0.5) is 4.79 Å². The normalized spacial score (nSPS) is 19.8. The molecule has 0 saturated carbocycles.